The van der Waals surface area contributed by atoms with Crippen LogP contribution in [0.2, 0.25) is 5.02 Å². The Kier molecular flexibility index (Phi) is 4.57. The summed E-state index contributed by atoms with van der Waals surface area (Å²) in [7, 11) is 0. The molecule has 0 fully saturated rings. The van der Waals surface area contributed by atoms with Crippen molar-refractivity contribution in [3.05, 3.63) is 76.4 Å². The first kappa shape index (κ1) is 16.1. The van der Waals surface area contributed by atoms with Crippen LogP contribution in [0.15, 0.2) is 53.1 Å². The number of hydrogen-bond acceptors (Lipinski definition) is 4. The maximum absolute atomic E-state index is 13.0. The van der Waals surface area contributed by atoms with Gasteiger partial charge in [0.15, 0.2) is 5.76 Å². The van der Waals surface area contributed by atoms with Gasteiger partial charge in [-0.15, -0.1) is 0 Å². The van der Waals surface area contributed by atoms with E-state index >= 15 is 0 Å². The summed E-state index contributed by atoms with van der Waals surface area (Å²) in [5, 5.41) is 3.74. The second-order valence-electron chi connectivity index (χ2n) is 4.89. The van der Waals surface area contributed by atoms with Crippen molar-refractivity contribution in [2.24, 2.45) is 0 Å². The smallest absolute Gasteiger partial charge is 0.340 e. The van der Waals surface area contributed by atoms with Gasteiger partial charge in [-0.05, 0) is 42.5 Å². The van der Waals surface area contributed by atoms with E-state index in [1.165, 1.54) is 18.2 Å². The summed E-state index contributed by atoms with van der Waals surface area (Å²) in [4.78, 5) is 11.9. The molecule has 0 aliphatic carbocycles. The molecule has 3 rings (SSSR count). The van der Waals surface area contributed by atoms with Gasteiger partial charge in [0.2, 0.25) is 0 Å². The molecule has 122 valence electrons. The van der Waals surface area contributed by atoms with Crippen LogP contribution in [0.5, 0.6) is 0 Å². The average Bonchev–Trinajstić information content (AvgIpc) is 3.02. The van der Waals surface area contributed by atoms with Crippen LogP contribution in [-0.4, -0.2) is 11.1 Å². The second kappa shape index (κ2) is 6.80. The van der Waals surface area contributed by atoms with Crippen molar-refractivity contribution in [3.8, 4) is 11.3 Å². The number of nitrogens with zero attached hydrogens (tertiary/aromatic N) is 1. The molecule has 1 aromatic heterocycles. The van der Waals surface area contributed by atoms with Gasteiger partial charge in [-0.1, -0.05) is 16.8 Å². The van der Waals surface area contributed by atoms with E-state index in [9.17, 15) is 13.6 Å². The molecule has 0 N–H and O–H groups in total. The van der Waals surface area contributed by atoms with Crippen molar-refractivity contribution >= 4 is 17.6 Å². The van der Waals surface area contributed by atoms with Crippen molar-refractivity contribution in [2.45, 2.75) is 6.61 Å². The first-order valence-electron chi connectivity index (χ1n) is 6.86. The zero-order valence-corrected chi connectivity index (χ0v) is 12.9. The highest BCUT2D eigenvalue weighted by atomic mass is 35.5. The summed E-state index contributed by atoms with van der Waals surface area (Å²) < 4.78 is 36.1. The van der Waals surface area contributed by atoms with Crippen LogP contribution in [-0.2, 0) is 11.3 Å². The molecule has 0 bridgehead atoms. The van der Waals surface area contributed by atoms with E-state index in [0.29, 0.717) is 17.0 Å². The van der Waals surface area contributed by atoms with Crippen molar-refractivity contribution < 1.29 is 22.8 Å². The third-order valence-corrected chi connectivity index (χ3v) is 3.50. The summed E-state index contributed by atoms with van der Waals surface area (Å²) >= 11 is 5.80. The second-order valence-corrected chi connectivity index (χ2v) is 5.30. The minimum atomic E-state index is -0.702. The first-order chi connectivity index (χ1) is 11.5. The van der Waals surface area contributed by atoms with Crippen LogP contribution in [0, 0.1) is 11.6 Å². The molecule has 0 amide bonds. The normalized spacial score (nSPS) is 10.6. The van der Waals surface area contributed by atoms with Gasteiger partial charge in [-0.3, -0.25) is 0 Å². The Labute approximate surface area is 140 Å². The van der Waals surface area contributed by atoms with Gasteiger partial charge >= 0.3 is 5.97 Å². The molecule has 3 aromatic rings. The monoisotopic (exact) mass is 349 g/mol. The van der Waals surface area contributed by atoms with E-state index in [1.807, 2.05) is 0 Å². The maximum atomic E-state index is 13.0. The molecule has 0 aliphatic heterocycles. The zero-order valence-electron chi connectivity index (χ0n) is 12.1. The molecule has 0 unspecified atom stereocenters. The minimum absolute atomic E-state index is 0.0350. The third-order valence-electron chi connectivity index (χ3n) is 3.19. The summed E-state index contributed by atoms with van der Waals surface area (Å²) in [6.07, 6.45) is 0. The van der Waals surface area contributed by atoms with E-state index in [4.69, 9.17) is 20.9 Å². The minimum Gasteiger partial charge on any atom is -0.455 e. The van der Waals surface area contributed by atoms with Gasteiger partial charge < -0.3 is 9.26 Å². The van der Waals surface area contributed by atoms with Gasteiger partial charge in [-0.2, -0.15) is 0 Å². The Morgan fingerprint density at radius 3 is 2.50 bits per heavy atom. The average molecular weight is 350 g/mol. The van der Waals surface area contributed by atoms with Crippen molar-refractivity contribution in [2.75, 3.05) is 0 Å². The lowest BCUT2D eigenvalue weighted by atomic mass is 10.1. The van der Waals surface area contributed by atoms with E-state index in [2.05, 4.69) is 5.16 Å². The number of carbonyl (C=O) groups is 1. The molecule has 1 heterocycles. The predicted molar refractivity (Wildman–Crippen MR) is 82.4 cm³/mol. The molecule has 24 heavy (non-hydrogen) atoms. The lowest BCUT2D eigenvalue weighted by molar-refractivity contribution is 0.0464. The Morgan fingerprint density at radius 2 is 1.79 bits per heavy atom. The molecule has 0 spiro atoms. The number of ether oxygens (including phenoxy) is 1. The number of esters is 1. The van der Waals surface area contributed by atoms with Crippen molar-refractivity contribution in [3.63, 3.8) is 0 Å². The number of rotatable bonds is 4. The Bertz CT molecular complexity index is 878. The molecule has 0 atom stereocenters. The molecule has 0 aliphatic rings. The van der Waals surface area contributed by atoms with Gasteiger partial charge in [0.05, 0.1) is 10.6 Å². The summed E-state index contributed by atoms with van der Waals surface area (Å²) in [5.41, 5.74) is 1.07. The maximum Gasteiger partial charge on any atom is 0.340 e. The summed E-state index contributed by atoms with van der Waals surface area (Å²) in [5.74, 6) is -1.19. The SMILES string of the molecule is O=C(OCc1cc(-c2ccc(F)cc2)on1)c1ccc(F)cc1Cl. The Hall–Kier alpha value is -2.73. The van der Waals surface area contributed by atoms with Crippen LogP contribution in [0.4, 0.5) is 8.78 Å². The van der Waals surface area contributed by atoms with Gasteiger partial charge in [0.1, 0.15) is 23.9 Å². The van der Waals surface area contributed by atoms with Crippen LogP contribution >= 0.6 is 11.6 Å². The van der Waals surface area contributed by atoms with E-state index in [-0.39, 0.29) is 23.0 Å². The molecule has 2 aromatic carbocycles. The molecule has 4 nitrogen and oxygen atoms in total. The quantitative estimate of drug-likeness (QED) is 0.644. The fourth-order valence-corrected chi connectivity index (χ4v) is 2.25. The van der Waals surface area contributed by atoms with Crippen molar-refractivity contribution in [1.29, 1.82) is 0 Å². The Morgan fingerprint density at radius 1 is 1.08 bits per heavy atom. The zero-order chi connectivity index (χ0) is 17.1. The fourth-order valence-electron chi connectivity index (χ4n) is 2.00. The van der Waals surface area contributed by atoms with E-state index in [1.54, 1.807) is 18.2 Å². The number of aromatic nitrogens is 1. The molecule has 0 radical (unpaired) electrons. The fraction of sp³-hybridized carbons (Fsp3) is 0.0588. The summed E-state index contributed by atoms with van der Waals surface area (Å²) in [6, 6.07) is 10.7. The lowest BCUT2D eigenvalue weighted by Gasteiger charge is -2.04. The number of halogens is 3. The van der Waals surface area contributed by atoms with Gasteiger partial charge in [-0.25, -0.2) is 13.6 Å². The summed E-state index contributed by atoms with van der Waals surface area (Å²) in [6.45, 7) is -0.142. The highest BCUT2D eigenvalue weighted by Crippen LogP contribution is 2.22. The van der Waals surface area contributed by atoms with Crippen LogP contribution in [0.3, 0.4) is 0 Å². The molecule has 7 heteroatoms. The standard InChI is InChI=1S/C17H10ClF2NO3/c18-15-7-12(20)5-6-14(15)17(22)23-9-13-8-16(24-21-13)10-1-3-11(19)4-2-10/h1-8H,9H2. The van der Waals surface area contributed by atoms with Crippen LogP contribution < -0.4 is 0 Å². The topological polar surface area (TPSA) is 52.3 Å². The van der Waals surface area contributed by atoms with Crippen molar-refractivity contribution in [1.82, 2.24) is 5.16 Å². The highest BCUT2D eigenvalue weighted by Gasteiger charge is 2.14. The third kappa shape index (κ3) is 3.60. The first-order valence-corrected chi connectivity index (χ1v) is 7.24. The molecular weight excluding hydrogens is 340 g/mol. The highest BCUT2D eigenvalue weighted by molar-refractivity contribution is 6.33. The van der Waals surface area contributed by atoms with Gasteiger partial charge in [0.25, 0.3) is 0 Å². The largest absolute Gasteiger partial charge is 0.455 e. The lowest BCUT2D eigenvalue weighted by Crippen LogP contribution is -2.06. The predicted octanol–water partition coefficient (Wildman–Crippen LogP) is 4.63. The van der Waals surface area contributed by atoms with E-state index < -0.39 is 11.8 Å². The number of hydrogen-bond donors (Lipinski definition) is 0. The molecule has 0 saturated heterocycles. The molecule has 0 saturated carbocycles. The number of carbonyl (C=O) groups excluding carboxylic acids is 1. The number of benzene rings is 2. The Balaban J connectivity index is 1.67. The van der Waals surface area contributed by atoms with Crippen LogP contribution in [0.1, 0.15) is 16.1 Å². The van der Waals surface area contributed by atoms with Gasteiger partial charge in [0, 0.05) is 11.6 Å². The van der Waals surface area contributed by atoms with E-state index in [0.717, 1.165) is 12.1 Å². The van der Waals surface area contributed by atoms with Crippen LogP contribution in [0.25, 0.3) is 11.3 Å². The molecular formula is C17H10ClF2NO3.